The number of carbonyl (C=O) groups excluding carboxylic acids is 1. The molecule has 0 saturated carbocycles. The largest absolute Gasteiger partial charge is 0.348 e. The summed E-state index contributed by atoms with van der Waals surface area (Å²) < 4.78 is 0. The Morgan fingerprint density at radius 1 is 1.74 bits per heavy atom. The molecule has 1 atom stereocenters. The molecule has 1 heterocycles. The van der Waals surface area contributed by atoms with E-state index >= 15 is 0 Å². The van der Waals surface area contributed by atoms with Crippen LogP contribution in [0, 0.1) is 22.5 Å². The molecule has 0 bridgehead atoms. The second-order valence-corrected chi connectivity index (χ2v) is 4.16. The molecule has 0 radical (unpaired) electrons. The number of amides is 1. The monoisotopic (exact) mass is 281 g/mol. The molecule has 0 aliphatic carbocycles. The van der Waals surface area contributed by atoms with Crippen LogP contribution in [0.2, 0.25) is 5.15 Å². The lowest BCUT2D eigenvalue weighted by atomic mass is 10.1. The molecule has 1 aromatic rings. The van der Waals surface area contributed by atoms with E-state index in [0.717, 1.165) is 12.3 Å². The van der Waals surface area contributed by atoms with Gasteiger partial charge in [-0.2, -0.15) is 0 Å². The minimum absolute atomic E-state index is 0.0146. The van der Waals surface area contributed by atoms with Gasteiger partial charge in [0.15, 0.2) is 0 Å². The molecule has 0 spiro atoms. The van der Waals surface area contributed by atoms with Crippen LogP contribution < -0.4 is 5.32 Å². The van der Waals surface area contributed by atoms with E-state index < -0.39 is 16.5 Å². The highest BCUT2D eigenvalue weighted by molar-refractivity contribution is 6.29. The Labute approximate surface area is 115 Å². The molecule has 0 saturated heterocycles. The maximum atomic E-state index is 12.0. The van der Waals surface area contributed by atoms with Crippen LogP contribution in [0.4, 0.5) is 5.69 Å². The van der Waals surface area contributed by atoms with Crippen molar-refractivity contribution in [3.63, 3.8) is 0 Å². The number of hydrogen-bond acceptors (Lipinski definition) is 4. The van der Waals surface area contributed by atoms with Crippen LogP contribution in [-0.4, -0.2) is 21.9 Å². The van der Waals surface area contributed by atoms with Gasteiger partial charge in [0, 0.05) is 12.5 Å². The first-order valence-corrected chi connectivity index (χ1v) is 5.91. The first kappa shape index (κ1) is 14.9. The molecule has 100 valence electrons. The quantitative estimate of drug-likeness (QED) is 0.388. The normalized spacial score (nSPS) is 11.4. The van der Waals surface area contributed by atoms with Gasteiger partial charge >= 0.3 is 0 Å². The summed E-state index contributed by atoms with van der Waals surface area (Å²) in [6.07, 6.45) is 7.12. The predicted molar refractivity (Wildman–Crippen MR) is 70.9 cm³/mol. The Kier molecular flexibility index (Phi) is 5.27. The molecule has 1 aromatic heterocycles. The summed E-state index contributed by atoms with van der Waals surface area (Å²) in [5.41, 5.74) is -0.516. The van der Waals surface area contributed by atoms with Crippen LogP contribution in [0.25, 0.3) is 0 Å². The zero-order chi connectivity index (χ0) is 14.4. The average molecular weight is 282 g/mol. The van der Waals surface area contributed by atoms with Crippen molar-refractivity contribution in [2.75, 3.05) is 0 Å². The van der Waals surface area contributed by atoms with E-state index in [4.69, 9.17) is 18.0 Å². The van der Waals surface area contributed by atoms with E-state index in [2.05, 4.69) is 16.2 Å². The molecular weight excluding hydrogens is 270 g/mol. The second kappa shape index (κ2) is 6.71. The topological polar surface area (TPSA) is 85.1 Å². The molecule has 1 N–H and O–H groups in total. The molecule has 1 rings (SSSR count). The van der Waals surface area contributed by atoms with Gasteiger partial charge in [-0.3, -0.25) is 14.9 Å². The molecule has 6 nitrogen and oxygen atoms in total. The molecule has 0 aliphatic rings. The number of terminal acetylenes is 1. The minimum Gasteiger partial charge on any atom is -0.348 e. The Hall–Kier alpha value is -2.13. The maximum Gasteiger partial charge on any atom is 0.300 e. The lowest BCUT2D eigenvalue weighted by Crippen LogP contribution is -2.34. The van der Waals surface area contributed by atoms with Gasteiger partial charge in [-0.1, -0.05) is 18.5 Å². The number of nitrogens with zero attached hydrogens (tertiary/aromatic N) is 2. The van der Waals surface area contributed by atoms with Crippen LogP contribution in [-0.2, 0) is 0 Å². The molecule has 1 unspecified atom stereocenters. The molecule has 19 heavy (non-hydrogen) atoms. The van der Waals surface area contributed by atoms with Gasteiger partial charge < -0.3 is 5.32 Å². The Morgan fingerprint density at radius 2 is 2.42 bits per heavy atom. The van der Waals surface area contributed by atoms with Gasteiger partial charge in [0.05, 0.1) is 4.92 Å². The van der Waals surface area contributed by atoms with Crippen molar-refractivity contribution in [2.45, 2.75) is 25.8 Å². The fourth-order valence-corrected chi connectivity index (χ4v) is 1.61. The maximum absolute atomic E-state index is 12.0. The summed E-state index contributed by atoms with van der Waals surface area (Å²) in [6, 6.07) is 0.932. The third-order valence-corrected chi connectivity index (χ3v) is 2.69. The summed E-state index contributed by atoms with van der Waals surface area (Å²) in [5.74, 6) is 1.85. The van der Waals surface area contributed by atoms with Gasteiger partial charge in [-0.25, -0.2) is 4.98 Å². The number of pyridine rings is 1. The lowest BCUT2D eigenvalue weighted by Gasteiger charge is -2.14. The second-order valence-electron chi connectivity index (χ2n) is 3.77. The van der Waals surface area contributed by atoms with Crippen molar-refractivity contribution in [3.05, 3.63) is 33.1 Å². The van der Waals surface area contributed by atoms with Crippen LogP contribution in [0.15, 0.2) is 12.3 Å². The van der Waals surface area contributed by atoms with Gasteiger partial charge in [-0.15, -0.1) is 12.3 Å². The summed E-state index contributed by atoms with van der Waals surface area (Å²) >= 11 is 5.65. The average Bonchev–Trinajstić information content (AvgIpc) is 2.37. The molecule has 1 amide bonds. The SMILES string of the molecule is C#CCC(CC)NC(=O)c1cc(Cl)ncc1[N+](=O)[O-]. The van der Waals surface area contributed by atoms with E-state index in [9.17, 15) is 14.9 Å². The Morgan fingerprint density at radius 3 is 2.95 bits per heavy atom. The smallest absolute Gasteiger partial charge is 0.300 e. The predicted octanol–water partition coefficient (Wildman–Crippen LogP) is 2.17. The number of aromatic nitrogens is 1. The van der Waals surface area contributed by atoms with Crippen molar-refractivity contribution in [1.29, 1.82) is 0 Å². The highest BCUT2D eigenvalue weighted by Gasteiger charge is 2.22. The van der Waals surface area contributed by atoms with E-state index in [1.807, 2.05) is 6.92 Å². The summed E-state index contributed by atoms with van der Waals surface area (Å²) in [5, 5.41) is 13.5. The number of halogens is 1. The van der Waals surface area contributed by atoms with E-state index in [-0.39, 0.29) is 16.8 Å². The summed E-state index contributed by atoms with van der Waals surface area (Å²) in [6.45, 7) is 1.86. The lowest BCUT2D eigenvalue weighted by molar-refractivity contribution is -0.385. The molecule has 0 aromatic carbocycles. The number of nitrogens with one attached hydrogen (secondary N) is 1. The van der Waals surface area contributed by atoms with E-state index in [1.54, 1.807) is 0 Å². The molecule has 0 fully saturated rings. The first-order valence-electron chi connectivity index (χ1n) is 5.53. The zero-order valence-corrected chi connectivity index (χ0v) is 11.0. The summed E-state index contributed by atoms with van der Waals surface area (Å²) in [4.78, 5) is 25.7. The van der Waals surface area contributed by atoms with Gasteiger partial charge in [0.25, 0.3) is 11.6 Å². The van der Waals surface area contributed by atoms with Crippen LogP contribution >= 0.6 is 11.6 Å². The molecular formula is C12H12ClN3O3. The van der Waals surface area contributed by atoms with Gasteiger partial charge in [0.1, 0.15) is 16.9 Å². The number of carbonyl (C=O) groups is 1. The third kappa shape index (κ3) is 3.93. The van der Waals surface area contributed by atoms with E-state index in [0.29, 0.717) is 12.8 Å². The standard InChI is InChI=1S/C12H12ClN3O3/c1-3-5-8(4-2)15-12(17)9-6-11(13)14-7-10(9)16(18)19/h1,6-8H,4-5H2,2H3,(H,15,17). The van der Waals surface area contributed by atoms with Crippen LogP contribution in [0.1, 0.15) is 30.1 Å². The Bertz CT molecular complexity index is 540. The fourth-order valence-electron chi connectivity index (χ4n) is 1.45. The van der Waals surface area contributed by atoms with Gasteiger partial charge in [0.2, 0.25) is 0 Å². The highest BCUT2D eigenvalue weighted by atomic mass is 35.5. The van der Waals surface area contributed by atoms with Crippen molar-refractivity contribution >= 4 is 23.2 Å². The summed E-state index contributed by atoms with van der Waals surface area (Å²) in [7, 11) is 0. The van der Waals surface area contributed by atoms with Crippen LogP contribution in [0.5, 0.6) is 0 Å². The fraction of sp³-hybridized carbons (Fsp3) is 0.333. The third-order valence-electron chi connectivity index (χ3n) is 2.48. The number of nitro groups is 1. The zero-order valence-electron chi connectivity index (χ0n) is 10.2. The number of rotatable bonds is 5. The first-order chi connectivity index (χ1) is 8.99. The van der Waals surface area contributed by atoms with Crippen molar-refractivity contribution in [1.82, 2.24) is 10.3 Å². The van der Waals surface area contributed by atoms with E-state index in [1.165, 1.54) is 0 Å². The number of hydrogen-bond donors (Lipinski definition) is 1. The highest BCUT2D eigenvalue weighted by Crippen LogP contribution is 2.20. The van der Waals surface area contributed by atoms with Crippen molar-refractivity contribution in [3.8, 4) is 12.3 Å². The van der Waals surface area contributed by atoms with Crippen molar-refractivity contribution in [2.24, 2.45) is 0 Å². The minimum atomic E-state index is -0.680. The van der Waals surface area contributed by atoms with Gasteiger partial charge in [-0.05, 0) is 12.5 Å². The van der Waals surface area contributed by atoms with Crippen LogP contribution in [0.3, 0.4) is 0 Å². The van der Waals surface area contributed by atoms with Crippen molar-refractivity contribution < 1.29 is 9.72 Å². The Balaban J connectivity index is 3.02. The molecule has 7 heteroatoms. The molecule has 0 aliphatic heterocycles.